The van der Waals surface area contributed by atoms with Gasteiger partial charge in [-0.05, 0) is 71.4 Å². The van der Waals surface area contributed by atoms with Crippen LogP contribution >= 0.6 is 19.3 Å². The van der Waals surface area contributed by atoms with Crippen LogP contribution < -0.4 is 15.3 Å². The van der Waals surface area contributed by atoms with Gasteiger partial charge in [-0.3, -0.25) is 9.32 Å². The molecule has 2 aromatic heterocycles. The fraction of sp³-hybridized carbons (Fsp3) is 0.433. The van der Waals surface area contributed by atoms with Gasteiger partial charge < -0.3 is 24.3 Å². The van der Waals surface area contributed by atoms with E-state index in [1.165, 1.54) is 6.92 Å². The van der Waals surface area contributed by atoms with Crippen molar-refractivity contribution in [3.05, 3.63) is 59.4 Å². The summed E-state index contributed by atoms with van der Waals surface area (Å²) in [4.78, 5) is 22.1. The van der Waals surface area contributed by atoms with Crippen molar-refractivity contribution in [2.45, 2.75) is 72.3 Å². The highest BCUT2D eigenvalue weighted by Crippen LogP contribution is 2.46. The zero-order chi connectivity index (χ0) is 31.4. The van der Waals surface area contributed by atoms with Gasteiger partial charge in [0.05, 0.1) is 23.7 Å². The number of benzene rings is 2. The first kappa shape index (κ1) is 32.7. The highest BCUT2D eigenvalue weighted by molar-refractivity contribution is 7.52. The van der Waals surface area contributed by atoms with Crippen molar-refractivity contribution in [3.8, 4) is 5.75 Å². The molecule has 0 bridgehead atoms. The lowest BCUT2D eigenvalue weighted by Crippen LogP contribution is -2.39. The standard InChI is InChI=1S/C30H39ClN5O6P/c1-7-21(36-25(18-39-8-2)34-26-27(36)23-11-9-10-12-24(23)33-28(26)32)17-40-43(38,42-22-15-13-20(31)14-16-22)35-19(3)29(37)41-30(4,5)6/h9-16,19,21H,7-8,17-18H2,1-6H3,(H2,32,33)(H,35,38)/t19-,21+,43?/m0/s1. The van der Waals surface area contributed by atoms with E-state index in [2.05, 4.69) is 10.1 Å². The number of rotatable bonds is 13. The number of nitrogens with two attached hydrogens (primary N) is 1. The number of hydrogen-bond donors (Lipinski definition) is 2. The minimum atomic E-state index is -4.15. The number of nitrogens with zero attached hydrogens (tertiary/aromatic N) is 3. The number of anilines is 1. The summed E-state index contributed by atoms with van der Waals surface area (Å²) in [6, 6.07) is 12.6. The van der Waals surface area contributed by atoms with Gasteiger partial charge in [0.25, 0.3) is 0 Å². The maximum Gasteiger partial charge on any atom is 0.459 e. The number of hydrogen-bond acceptors (Lipinski definition) is 9. The molecule has 0 fully saturated rings. The van der Waals surface area contributed by atoms with Crippen molar-refractivity contribution in [1.82, 2.24) is 19.6 Å². The van der Waals surface area contributed by atoms with Gasteiger partial charge in [-0.15, -0.1) is 0 Å². The molecule has 0 aliphatic rings. The Morgan fingerprint density at radius 2 is 1.81 bits per heavy atom. The molecule has 11 nitrogen and oxygen atoms in total. The Morgan fingerprint density at radius 1 is 1.12 bits per heavy atom. The molecule has 0 aliphatic heterocycles. The summed E-state index contributed by atoms with van der Waals surface area (Å²) in [6.07, 6.45) is 0.573. The van der Waals surface area contributed by atoms with Crippen molar-refractivity contribution in [1.29, 1.82) is 0 Å². The van der Waals surface area contributed by atoms with Gasteiger partial charge in [0, 0.05) is 17.0 Å². The Labute approximate surface area is 256 Å². The molecule has 2 heterocycles. The van der Waals surface area contributed by atoms with Gasteiger partial charge in [0.2, 0.25) is 0 Å². The first-order chi connectivity index (χ1) is 20.3. The fourth-order valence-corrected chi connectivity index (χ4v) is 6.17. The third-order valence-electron chi connectivity index (χ3n) is 6.49. The van der Waals surface area contributed by atoms with Gasteiger partial charge in [0.1, 0.15) is 35.3 Å². The molecule has 4 rings (SSSR count). The van der Waals surface area contributed by atoms with Gasteiger partial charge in [0.15, 0.2) is 5.82 Å². The zero-order valence-electron chi connectivity index (χ0n) is 25.3. The first-order valence-corrected chi connectivity index (χ1v) is 16.1. The highest BCUT2D eigenvalue weighted by atomic mass is 35.5. The maximum absolute atomic E-state index is 14.2. The minimum absolute atomic E-state index is 0.0590. The molecule has 0 amide bonds. The summed E-state index contributed by atoms with van der Waals surface area (Å²) in [5.41, 5.74) is 7.66. The number of pyridine rings is 1. The lowest BCUT2D eigenvalue weighted by atomic mass is 10.1. The topological polar surface area (TPSA) is 140 Å². The summed E-state index contributed by atoms with van der Waals surface area (Å²) in [7, 11) is -4.15. The first-order valence-electron chi connectivity index (χ1n) is 14.2. The summed E-state index contributed by atoms with van der Waals surface area (Å²) in [5.74, 6) is 0.572. The second-order valence-electron chi connectivity index (χ2n) is 11.0. The number of imidazole rings is 1. The molecule has 0 spiro atoms. The number of ether oxygens (including phenoxy) is 2. The van der Waals surface area contributed by atoms with Crippen LogP contribution in [0.1, 0.15) is 59.8 Å². The Morgan fingerprint density at radius 3 is 2.47 bits per heavy atom. The van der Waals surface area contributed by atoms with Crippen LogP contribution in [0.15, 0.2) is 48.5 Å². The lowest BCUT2D eigenvalue weighted by Gasteiger charge is -2.27. The van der Waals surface area contributed by atoms with Crippen LogP contribution in [0.3, 0.4) is 0 Å². The number of nitrogens with one attached hydrogen (secondary N) is 1. The number of aromatic nitrogens is 3. The zero-order valence-corrected chi connectivity index (χ0v) is 26.9. The Hall–Kier alpha value is -3.21. The van der Waals surface area contributed by atoms with E-state index in [4.69, 9.17) is 40.8 Å². The SMILES string of the molecule is CCOCc1nc2c(N)nc3ccccc3c2n1[C@H](CC)COP(=O)(N[C@@H](C)C(=O)OC(C)(C)C)Oc1ccc(Cl)cc1. The third-order valence-corrected chi connectivity index (χ3v) is 8.38. The molecule has 0 radical (unpaired) electrons. The van der Waals surface area contributed by atoms with Gasteiger partial charge in [-0.25, -0.2) is 14.5 Å². The molecule has 43 heavy (non-hydrogen) atoms. The summed E-state index contributed by atoms with van der Waals surface area (Å²) >= 11 is 6.04. The monoisotopic (exact) mass is 631 g/mol. The van der Waals surface area contributed by atoms with Crippen LogP contribution in [0.25, 0.3) is 21.9 Å². The van der Waals surface area contributed by atoms with E-state index in [0.29, 0.717) is 35.2 Å². The molecular weight excluding hydrogens is 593 g/mol. The average Bonchev–Trinajstić information content (AvgIpc) is 3.33. The van der Waals surface area contributed by atoms with E-state index >= 15 is 0 Å². The molecule has 3 N–H and O–H groups in total. The van der Waals surface area contributed by atoms with Gasteiger partial charge >= 0.3 is 13.7 Å². The molecule has 232 valence electrons. The molecule has 2 aromatic carbocycles. The number of nitrogen functional groups attached to an aromatic ring is 1. The van der Waals surface area contributed by atoms with E-state index in [-0.39, 0.29) is 25.0 Å². The predicted molar refractivity (Wildman–Crippen MR) is 168 cm³/mol. The Balaban J connectivity index is 1.72. The van der Waals surface area contributed by atoms with Crippen molar-refractivity contribution in [2.24, 2.45) is 0 Å². The van der Waals surface area contributed by atoms with E-state index in [0.717, 1.165) is 16.4 Å². The van der Waals surface area contributed by atoms with E-state index < -0.39 is 25.4 Å². The summed E-state index contributed by atoms with van der Waals surface area (Å²) in [5, 5.41) is 4.10. The normalized spacial score (nSPS) is 14.9. The second-order valence-corrected chi connectivity index (χ2v) is 13.2. The van der Waals surface area contributed by atoms with Crippen LogP contribution in [0.4, 0.5) is 5.82 Å². The number of esters is 1. The third kappa shape index (κ3) is 8.04. The molecule has 1 unspecified atom stereocenters. The van der Waals surface area contributed by atoms with Gasteiger partial charge in [-0.2, -0.15) is 5.09 Å². The smallest absolute Gasteiger partial charge is 0.459 e. The molecular formula is C30H39ClN5O6P. The van der Waals surface area contributed by atoms with E-state index in [1.807, 2.05) is 42.7 Å². The number of carbonyl (C=O) groups is 1. The fourth-order valence-electron chi connectivity index (χ4n) is 4.52. The number of para-hydroxylation sites is 1. The summed E-state index contributed by atoms with van der Waals surface area (Å²) < 4.78 is 39.4. The molecule has 0 saturated carbocycles. The van der Waals surface area contributed by atoms with Crippen molar-refractivity contribution in [2.75, 3.05) is 18.9 Å². The van der Waals surface area contributed by atoms with Crippen LogP contribution in [-0.4, -0.2) is 45.4 Å². The van der Waals surface area contributed by atoms with Crippen LogP contribution in [0, 0.1) is 0 Å². The number of halogens is 1. The highest BCUT2D eigenvalue weighted by Gasteiger charge is 2.35. The molecule has 4 aromatic rings. The van der Waals surface area contributed by atoms with Crippen molar-refractivity contribution >= 4 is 53.1 Å². The van der Waals surface area contributed by atoms with E-state index in [9.17, 15) is 9.36 Å². The summed E-state index contributed by atoms with van der Waals surface area (Å²) in [6.45, 7) is 11.3. The van der Waals surface area contributed by atoms with Crippen molar-refractivity contribution < 1.29 is 27.9 Å². The Kier molecular flexibility index (Phi) is 10.4. The number of carbonyl (C=O) groups excluding carboxylic acids is 1. The van der Waals surface area contributed by atoms with Crippen LogP contribution in [-0.2, 0) is 30.0 Å². The predicted octanol–water partition coefficient (Wildman–Crippen LogP) is 6.83. The number of fused-ring (bicyclic) bond motifs is 3. The van der Waals surface area contributed by atoms with Crippen LogP contribution in [0.5, 0.6) is 5.75 Å². The van der Waals surface area contributed by atoms with Crippen molar-refractivity contribution in [3.63, 3.8) is 0 Å². The van der Waals surface area contributed by atoms with Gasteiger partial charge in [-0.1, -0.05) is 36.7 Å². The Bertz CT molecular complexity index is 1620. The molecule has 13 heteroatoms. The quantitative estimate of drug-likeness (QED) is 0.119. The van der Waals surface area contributed by atoms with Crippen LogP contribution in [0.2, 0.25) is 5.02 Å². The largest absolute Gasteiger partial charge is 0.459 e. The minimum Gasteiger partial charge on any atom is -0.459 e. The average molecular weight is 632 g/mol. The molecule has 0 aliphatic carbocycles. The lowest BCUT2D eigenvalue weighted by molar-refractivity contribution is -0.156. The second kappa shape index (κ2) is 13.6. The van der Waals surface area contributed by atoms with E-state index in [1.54, 1.807) is 45.0 Å². The molecule has 0 saturated heterocycles. The maximum atomic E-state index is 14.2. The molecule has 3 atom stereocenters.